The largest absolute Gasteiger partial charge is 0.464 e. The van der Waals surface area contributed by atoms with Gasteiger partial charge in [-0.15, -0.1) is 11.8 Å². The Hall–Kier alpha value is -1.79. The van der Waals surface area contributed by atoms with Gasteiger partial charge in [-0.1, -0.05) is 47.1 Å². The molecule has 0 N–H and O–H groups in total. The summed E-state index contributed by atoms with van der Waals surface area (Å²) in [5, 5.41) is 3.84. The average molecular weight is 408 g/mol. The first-order chi connectivity index (χ1) is 11.6. The van der Waals surface area contributed by atoms with E-state index in [1.165, 1.54) is 25.3 Å². The third-order valence-electron chi connectivity index (χ3n) is 3.29. The molecule has 0 aliphatic heterocycles. The first-order valence-corrected chi connectivity index (χ1v) is 9.01. The van der Waals surface area contributed by atoms with Gasteiger partial charge in [-0.05, 0) is 34.5 Å². The molecule has 2 aromatic carbocycles. The molecule has 0 saturated carbocycles. The number of nitrogens with zero attached hydrogens (tertiary/aromatic N) is 1. The van der Waals surface area contributed by atoms with E-state index < -0.39 is 5.97 Å². The second-order valence-electron chi connectivity index (χ2n) is 5.00. The highest BCUT2D eigenvalue weighted by Gasteiger charge is 2.21. The normalized spacial score (nSPS) is 11.2. The third kappa shape index (κ3) is 4.61. The van der Waals surface area contributed by atoms with Gasteiger partial charge in [-0.2, -0.15) is 0 Å². The monoisotopic (exact) mass is 407 g/mol. The number of methoxy groups -OCH3 is 1. The zero-order chi connectivity index (χ0) is 17.5. The Kier molecular flexibility index (Phi) is 6.87. The molecule has 0 fully saturated rings. The van der Waals surface area contributed by atoms with Crippen molar-refractivity contribution in [1.29, 1.82) is 0 Å². The third-order valence-corrected chi connectivity index (χ3v) is 5.42. The smallest absolute Gasteiger partial charge is 0.360 e. The molecule has 6 heteroatoms. The molecule has 0 aromatic heterocycles. The second kappa shape index (κ2) is 8.89. The summed E-state index contributed by atoms with van der Waals surface area (Å²) in [4.78, 5) is 17.8. The van der Waals surface area contributed by atoms with Crippen LogP contribution in [0.15, 0.2) is 57.0 Å². The summed E-state index contributed by atoms with van der Waals surface area (Å²) in [7, 11) is 2.73. The lowest BCUT2D eigenvalue weighted by Gasteiger charge is -2.12. The van der Waals surface area contributed by atoms with E-state index in [0.717, 1.165) is 15.1 Å². The van der Waals surface area contributed by atoms with E-state index in [2.05, 4.69) is 52.3 Å². The van der Waals surface area contributed by atoms with E-state index in [1.54, 1.807) is 11.8 Å². The zero-order valence-electron chi connectivity index (χ0n) is 13.7. The number of carbonyl (C=O) groups is 1. The molecule has 24 heavy (non-hydrogen) atoms. The van der Waals surface area contributed by atoms with Gasteiger partial charge in [0, 0.05) is 20.7 Å². The van der Waals surface area contributed by atoms with Gasteiger partial charge < -0.3 is 9.57 Å². The Bertz CT molecular complexity index is 744. The van der Waals surface area contributed by atoms with Crippen molar-refractivity contribution in [1.82, 2.24) is 0 Å². The summed E-state index contributed by atoms with van der Waals surface area (Å²) < 4.78 is 5.71. The van der Waals surface area contributed by atoms with Gasteiger partial charge in [0.25, 0.3) is 0 Å². The van der Waals surface area contributed by atoms with Gasteiger partial charge in [0.2, 0.25) is 0 Å². The number of ether oxygens (including phenoxy) is 1. The van der Waals surface area contributed by atoms with Gasteiger partial charge in [-0.25, -0.2) is 4.79 Å². The zero-order valence-corrected chi connectivity index (χ0v) is 16.1. The number of aryl methyl sites for hydroxylation is 1. The van der Waals surface area contributed by atoms with E-state index in [-0.39, 0.29) is 5.71 Å². The topological polar surface area (TPSA) is 47.9 Å². The van der Waals surface area contributed by atoms with Gasteiger partial charge in [0.1, 0.15) is 7.11 Å². The van der Waals surface area contributed by atoms with Gasteiger partial charge in [0.05, 0.1) is 7.11 Å². The van der Waals surface area contributed by atoms with E-state index in [9.17, 15) is 4.79 Å². The molecule has 0 heterocycles. The first kappa shape index (κ1) is 18.5. The lowest BCUT2D eigenvalue weighted by Crippen LogP contribution is -2.18. The molecule has 0 spiro atoms. The fourth-order valence-electron chi connectivity index (χ4n) is 2.07. The summed E-state index contributed by atoms with van der Waals surface area (Å²) in [6.07, 6.45) is 0. The number of carbonyl (C=O) groups excluding carboxylic acids is 1. The fourth-order valence-corrected chi connectivity index (χ4v) is 3.81. The highest BCUT2D eigenvalue weighted by atomic mass is 79.9. The Balaban J connectivity index is 2.33. The summed E-state index contributed by atoms with van der Waals surface area (Å²) in [5.41, 5.74) is 3.25. The van der Waals surface area contributed by atoms with Gasteiger partial charge in [-0.3, -0.25) is 0 Å². The molecule has 0 aliphatic carbocycles. The highest BCUT2D eigenvalue weighted by Crippen LogP contribution is 2.34. The van der Waals surface area contributed by atoms with Crippen LogP contribution in [-0.4, -0.2) is 25.9 Å². The van der Waals surface area contributed by atoms with Crippen LogP contribution in [0.5, 0.6) is 0 Å². The Morgan fingerprint density at radius 2 is 1.88 bits per heavy atom. The number of hydrogen-bond acceptors (Lipinski definition) is 5. The van der Waals surface area contributed by atoms with Crippen molar-refractivity contribution >= 4 is 39.4 Å². The number of thioether (sulfide) groups is 1. The molecule has 0 amide bonds. The fraction of sp³-hybridized carbons (Fsp3) is 0.222. The van der Waals surface area contributed by atoms with Crippen LogP contribution < -0.4 is 0 Å². The van der Waals surface area contributed by atoms with Crippen LogP contribution in [0.25, 0.3) is 0 Å². The molecule has 126 valence electrons. The number of benzene rings is 2. The molecule has 0 aliphatic rings. The van der Waals surface area contributed by atoms with Crippen LogP contribution in [0.3, 0.4) is 0 Å². The Morgan fingerprint density at radius 1 is 1.17 bits per heavy atom. The SMILES string of the molecule is CON=C(C(=O)OC)c1cccc(Br)c1SCc1ccc(C)cc1. The van der Waals surface area contributed by atoms with Crippen molar-refractivity contribution in [2.75, 3.05) is 14.2 Å². The number of rotatable bonds is 6. The summed E-state index contributed by atoms with van der Waals surface area (Å²) >= 11 is 5.18. The van der Waals surface area contributed by atoms with Crippen molar-refractivity contribution in [3.8, 4) is 0 Å². The van der Waals surface area contributed by atoms with Crippen LogP contribution in [0.4, 0.5) is 0 Å². The predicted molar refractivity (Wildman–Crippen MR) is 100 cm³/mol. The van der Waals surface area contributed by atoms with Gasteiger partial charge in [0.15, 0.2) is 5.71 Å². The Morgan fingerprint density at radius 3 is 2.50 bits per heavy atom. The standard InChI is InChI=1S/C18H18BrNO3S/c1-12-7-9-13(10-8-12)11-24-17-14(5-4-6-15(17)19)16(20-23-3)18(21)22-2/h4-10H,11H2,1-3H3. The molecule has 0 unspecified atom stereocenters. The van der Waals surface area contributed by atoms with Crippen molar-refractivity contribution < 1.29 is 14.4 Å². The minimum atomic E-state index is -0.535. The second-order valence-corrected chi connectivity index (χ2v) is 6.84. The number of esters is 1. The van der Waals surface area contributed by atoms with Crippen molar-refractivity contribution in [2.45, 2.75) is 17.6 Å². The highest BCUT2D eigenvalue weighted by molar-refractivity contribution is 9.10. The number of halogens is 1. The Labute approximate surface area is 154 Å². The quantitative estimate of drug-likeness (QED) is 0.304. The van der Waals surface area contributed by atoms with E-state index in [1.807, 2.05) is 18.2 Å². The van der Waals surface area contributed by atoms with Crippen LogP contribution in [-0.2, 0) is 20.1 Å². The molecule has 0 bridgehead atoms. The van der Waals surface area contributed by atoms with Crippen molar-refractivity contribution in [2.24, 2.45) is 5.16 Å². The predicted octanol–water partition coefficient (Wildman–Crippen LogP) is 4.57. The lowest BCUT2D eigenvalue weighted by molar-refractivity contribution is -0.132. The van der Waals surface area contributed by atoms with Crippen molar-refractivity contribution in [3.05, 3.63) is 63.6 Å². The van der Waals surface area contributed by atoms with Crippen LogP contribution >= 0.6 is 27.7 Å². The molecule has 0 saturated heterocycles. The lowest BCUT2D eigenvalue weighted by atomic mass is 10.1. The minimum Gasteiger partial charge on any atom is -0.464 e. The molecule has 0 atom stereocenters. The molecule has 2 aromatic rings. The van der Waals surface area contributed by atoms with Crippen LogP contribution in [0.2, 0.25) is 0 Å². The average Bonchev–Trinajstić information content (AvgIpc) is 2.59. The first-order valence-electron chi connectivity index (χ1n) is 7.23. The summed E-state index contributed by atoms with van der Waals surface area (Å²) in [6, 6.07) is 14.0. The maximum Gasteiger partial charge on any atom is 0.360 e. The molecular weight excluding hydrogens is 390 g/mol. The van der Waals surface area contributed by atoms with Gasteiger partial charge >= 0.3 is 5.97 Å². The van der Waals surface area contributed by atoms with E-state index in [4.69, 9.17) is 9.57 Å². The maximum absolute atomic E-state index is 12.0. The molecule has 2 rings (SSSR count). The summed E-state index contributed by atoms with van der Waals surface area (Å²) in [5.74, 6) is 0.240. The molecular formula is C18H18BrNO3S. The van der Waals surface area contributed by atoms with Crippen molar-refractivity contribution in [3.63, 3.8) is 0 Å². The van der Waals surface area contributed by atoms with Crippen LogP contribution in [0.1, 0.15) is 16.7 Å². The molecule has 0 radical (unpaired) electrons. The summed E-state index contributed by atoms with van der Waals surface area (Å²) in [6.45, 7) is 2.06. The minimum absolute atomic E-state index is 0.146. The molecule has 4 nitrogen and oxygen atoms in total. The number of hydrogen-bond donors (Lipinski definition) is 0. The number of oxime groups is 1. The maximum atomic E-state index is 12.0. The van der Waals surface area contributed by atoms with E-state index in [0.29, 0.717) is 5.56 Å². The van der Waals surface area contributed by atoms with Crippen LogP contribution in [0, 0.1) is 6.92 Å². The van der Waals surface area contributed by atoms with E-state index >= 15 is 0 Å².